The maximum Gasteiger partial charge on any atom is 0.412 e. The quantitative estimate of drug-likeness (QED) is 0.768. The Bertz CT molecular complexity index is 806. The zero-order chi connectivity index (χ0) is 20.2. The monoisotopic (exact) mass is 372 g/mol. The Labute approximate surface area is 160 Å². The van der Waals surface area contributed by atoms with Gasteiger partial charge in [-0.1, -0.05) is 13.8 Å². The molecule has 1 atom stereocenters. The van der Waals surface area contributed by atoms with Gasteiger partial charge < -0.3 is 15.6 Å². The van der Waals surface area contributed by atoms with Gasteiger partial charge in [0.25, 0.3) is 0 Å². The van der Waals surface area contributed by atoms with Gasteiger partial charge in [-0.2, -0.15) is 0 Å². The molecule has 0 radical (unpaired) electrons. The van der Waals surface area contributed by atoms with Crippen molar-refractivity contribution in [3.8, 4) is 17.0 Å². The minimum absolute atomic E-state index is 0.340. The van der Waals surface area contributed by atoms with E-state index in [-0.39, 0.29) is 0 Å². The molecule has 0 saturated heterocycles. The number of aryl methyl sites for hydroxylation is 1. The molecule has 0 unspecified atom stereocenters. The van der Waals surface area contributed by atoms with E-state index in [4.69, 9.17) is 15.6 Å². The Morgan fingerprint density at radius 1 is 1.37 bits per heavy atom. The van der Waals surface area contributed by atoms with E-state index in [1.165, 1.54) is 7.05 Å². The van der Waals surface area contributed by atoms with Crippen LogP contribution in [0.4, 0.5) is 10.6 Å². The van der Waals surface area contributed by atoms with E-state index >= 15 is 0 Å². The van der Waals surface area contributed by atoms with Crippen molar-refractivity contribution in [2.75, 3.05) is 18.6 Å². The Morgan fingerprint density at radius 2 is 2.07 bits per heavy atom. The number of carbonyl (C=O) groups is 1. The van der Waals surface area contributed by atoms with Crippen LogP contribution in [0.15, 0.2) is 30.5 Å². The molecule has 27 heavy (non-hydrogen) atoms. The average molecular weight is 372 g/mol. The molecule has 0 saturated carbocycles. The van der Waals surface area contributed by atoms with Crippen molar-refractivity contribution in [3.05, 3.63) is 36.2 Å². The maximum atomic E-state index is 11.1. The lowest BCUT2D eigenvalue weighted by molar-refractivity contribution is 0.203. The molecule has 2 heterocycles. The molecular formula is C20H28N4O3. The van der Waals surface area contributed by atoms with Crippen molar-refractivity contribution in [1.29, 1.82) is 0 Å². The zero-order valence-corrected chi connectivity index (χ0v) is 16.6. The van der Waals surface area contributed by atoms with Crippen LogP contribution in [-0.4, -0.2) is 40.4 Å². The maximum absolute atomic E-state index is 11.1. The van der Waals surface area contributed by atoms with Gasteiger partial charge in [0.2, 0.25) is 0 Å². The molecule has 2 aromatic heterocycles. The van der Waals surface area contributed by atoms with Crippen LogP contribution in [0.2, 0.25) is 0 Å². The molecule has 0 spiro atoms. The fourth-order valence-electron chi connectivity index (χ4n) is 2.95. The number of ether oxygens (including phenoxy) is 1. The van der Waals surface area contributed by atoms with Gasteiger partial charge in [0.1, 0.15) is 18.2 Å². The second-order valence-electron chi connectivity index (χ2n) is 7.57. The van der Waals surface area contributed by atoms with E-state index in [1.54, 1.807) is 18.3 Å². The van der Waals surface area contributed by atoms with Gasteiger partial charge in [-0.05, 0) is 50.5 Å². The van der Waals surface area contributed by atoms with Gasteiger partial charge >= 0.3 is 6.09 Å². The molecule has 7 heteroatoms. The highest BCUT2D eigenvalue weighted by atomic mass is 16.5. The van der Waals surface area contributed by atoms with Crippen LogP contribution in [0.5, 0.6) is 5.75 Å². The van der Waals surface area contributed by atoms with Crippen LogP contribution in [0, 0.1) is 12.8 Å². The third-order valence-corrected chi connectivity index (χ3v) is 4.14. The number of pyridine rings is 2. The molecule has 0 fully saturated rings. The predicted octanol–water partition coefficient (Wildman–Crippen LogP) is 3.71. The van der Waals surface area contributed by atoms with Crippen LogP contribution < -0.4 is 15.4 Å². The number of hydrogen-bond acceptors (Lipinski definition) is 5. The average Bonchev–Trinajstić information content (AvgIpc) is 2.59. The summed E-state index contributed by atoms with van der Waals surface area (Å²) in [7, 11) is 1.45. The highest BCUT2D eigenvalue weighted by Crippen LogP contribution is 2.26. The van der Waals surface area contributed by atoms with Crippen LogP contribution in [0.3, 0.4) is 0 Å². The first-order valence-corrected chi connectivity index (χ1v) is 8.91. The van der Waals surface area contributed by atoms with Crippen molar-refractivity contribution in [2.45, 2.75) is 39.7 Å². The van der Waals surface area contributed by atoms with E-state index in [1.807, 2.05) is 26.0 Å². The van der Waals surface area contributed by atoms with Crippen molar-refractivity contribution in [2.24, 2.45) is 11.7 Å². The molecule has 3 N–H and O–H groups in total. The highest BCUT2D eigenvalue weighted by molar-refractivity contribution is 5.84. The predicted molar refractivity (Wildman–Crippen MR) is 106 cm³/mol. The van der Waals surface area contributed by atoms with E-state index in [9.17, 15) is 4.79 Å². The second-order valence-corrected chi connectivity index (χ2v) is 7.57. The smallest absolute Gasteiger partial charge is 0.412 e. The number of aromatic nitrogens is 2. The summed E-state index contributed by atoms with van der Waals surface area (Å²) in [5.74, 6) is 1.53. The SMILES string of the molecule is Cc1nc(-c2ccnc(N(C)C(=O)O)c2)ccc1OC[C@](C)(N)CC(C)C. The van der Waals surface area contributed by atoms with E-state index in [2.05, 4.69) is 23.8 Å². The summed E-state index contributed by atoms with van der Waals surface area (Å²) < 4.78 is 5.90. The summed E-state index contributed by atoms with van der Waals surface area (Å²) in [6.45, 7) is 8.55. The molecule has 0 aromatic carbocycles. The zero-order valence-electron chi connectivity index (χ0n) is 16.6. The first-order valence-electron chi connectivity index (χ1n) is 8.91. The number of rotatable bonds is 7. The lowest BCUT2D eigenvalue weighted by Gasteiger charge is -2.27. The molecule has 2 rings (SSSR count). The third-order valence-electron chi connectivity index (χ3n) is 4.14. The third kappa shape index (κ3) is 5.65. The van der Waals surface area contributed by atoms with E-state index in [0.29, 0.717) is 24.1 Å². The summed E-state index contributed by atoms with van der Waals surface area (Å²) in [4.78, 5) is 20.8. The number of nitrogens with two attached hydrogens (primary N) is 1. The largest absolute Gasteiger partial charge is 0.490 e. The fourth-order valence-corrected chi connectivity index (χ4v) is 2.95. The lowest BCUT2D eigenvalue weighted by atomic mass is 9.93. The lowest BCUT2D eigenvalue weighted by Crippen LogP contribution is -2.43. The number of nitrogens with zero attached hydrogens (tertiary/aromatic N) is 3. The summed E-state index contributed by atoms with van der Waals surface area (Å²) >= 11 is 0. The Morgan fingerprint density at radius 3 is 2.67 bits per heavy atom. The van der Waals surface area contributed by atoms with Gasteiger partial charge in [-0.3, -0.25) is 4.90 Å². The standard InChI is InChI=1S/C20H28N4O3/c1-13(2)11-20(4,21)12-27-17-7-6-16(23-14(17)3)15-8-9-22-18(10-15)24(5)19(25)26/h6-10,13H,11-12,21H2,1-5H3,(H,25,26)/t20-/m1/s1. The van der Waals surface area contributed by atoms with E-state index in [0.717, 1.165) is 28.3 Å². The van der Waals surface area contributed by atoms with Crippen LogP contribution in [0.1, 0.15) is 32.9 Å². The summed E-state index contributed by atoms with van der Waals surface area (Å²) in [5.41, 5.74) is 8.15. The molecular weight excluding hydrogens is 344 g/mol. The van der Waals surface area contributed by atoms with Gasteiger partial charge in [0.05, 0.1) is 11.4 Å². The fraction of sp³-hybridized carbons (Fsp3) is 0.450. The van der Waals surface area contributed by atoms with Gasteiger partial charge in [-0.15, -0.1) is 0 Å². The Balaban J connectivity index is 2.17. The van der Waals surface area contributed by atoms with Crippen molar-refractivity contribution in [3.63, 3.8) is 0 Å². The minimum Gasteiger partial charge on any atom is -0.490 e. The summed E-state index contributed by atoms with van der Waals surface area (Å²) in [5, 5.41) is 9.10. The minimum atomic E-state index is -1.07. The van der Waals surface area contributed by atoms with Crippen LogP contribution >= 0.6 is 0 Å². The van der Waals surface area contributed by atoms with Gasteiger partial charge in [0.15, 0.2) is 0 Å². The summed E-state index contributed by atoms with van der Waals surface area (Å²) in [6, 6.07) is 7.19. The molecule has 0 bridgehead atoms. The summed E-state index contributed by atoms with van der Waals surface area (Å²) in [6.07, 6.45) is 1.37. The van der Waals surface area contributed by atoms with Gasteiger partial charge in [-0.25, -0.2) is 14.8 Å². The molecule has 1 amide bonds. The molecule has 146 valence electrons. The molecule has 0 aliphatic heterocycles. The Hall–Kier alpha value is -2.67. The highest BCUT2D eigenvalue weighted by Gasteiger charge is 2.21. The topological polar surface area (TPSA) is 102 Å². The number of anilines is 1. The van der Waals surface area contributed by atoms with Gasteiger partial charge in [0, 0.05) is 24.3 Å². The number of amides is 1. The number of carboxylic acid groups (broad SMARTS) is 1. The van der Waals surface area contributed by atoms with E-state index < -0.39 is 11.6 Å². The Kier molecular flexibility index (Phi) is 6.38. The van der Waals surface area contributed by atoms with Crippen molar-refractivity contribution >= 4 is 11.9 Å². The molecule has 0 aliphatic carbocycles. The normalized spacial score (nSPS) is 13.3. The first-order chi connectivity index (χ1) is 12.6. The van der Waals surface area contributed by atoms with Crippen LogP contribution in [0.25, 0.3) is 11.3 Å². The second kappa shape index (κ2) is 8.35. The van der Waals surface area contributed by atoms with Crippen molar-refractivity contribution in [1.82, 2.24) is 9.97 Å². The molecule has 7 nitrogen and oxygen atoms in total. The first kappa shape index (κ1) is 20.6. The van der Waals surface area contributed by atoms with Crippen molar-refractivity contribution < 1.29 is 14.6 Å². The van der Waals surface area contributed by atoms with Crippen LogP contribution in [-0.2, 0) is 0 Å². The molecule has 2 aromatic rings. The number of hydrogen-bond donors (Lipinski definition) is 2. The molecule has 0 aliphatic rings.